The Kier molecular flexibility index (Phi) is 3.05. The monoisotopic (exact) mass is 272 g/mol. The van der Waals surface area contributed by atoms with E-state index in [0.717, 1.165) is 35.1 Å². The molecule has 1 amide bonds. The van der Waals surface area contributed by atoms with Crippen molar-refractivity contribution in [2.24, 2.45) is 0 Å². The molecule has 0 saturated carbocycles. The van der Waals surface area contributed by atoms with Gasteiger partial charge in [-0.1, -0.05) is 12.1 Å². The summed E-state index contributed by atoms with van der Waals surface area (Å²) in [5.41, 5.74) is 5.41. The van der Waals surface area contributed by atoms with Crippen molar-refractivity contribution in [3.05, 3.63) is 34.5 Å². The topological polar surface area (TPSA) is 45.5 Å². The Hall–Kier alpha value is -1.81. The Labute approximate surface area is 118 Å². The highest BCUT2D eigenvalue weighted by Crippen LogP contribution is 2.33. The molecule has 0 atom stereocenters. The molecule has 3 rings (SSSR count). The van der Waals surface area contributed by atoms with Crippen molar-refractivity contribution in [1.82, 2.24) is 9.47 Å². The van der Waals surface area contributed by atoms with Gasteiger partial charge < -0.3 is 14.6 Å². The number of carbonyl (C=O) groups is 1. The van der Waals surface area contributed by atoms with Crippen LogP contribution in [0.5, 0.6) is 0 Å². The standard InChI is InChI=1S/C16H20N2O2/c1-10-4-5-12-13-6-7-17(3)16(20)15(13)18(8-9-19)14(12)11(10)2/h4-5,19H,6-9H2,1-3H3. The molecule has 0 fully saturated rings. The van der Waals surface area contributed by atoms with E-state index >= 15 is 0 Å². The van der Waals surface area contributed by atoms with E-state index in [1.54, 1.807) is 4.90 Å². The predicted molar refractivity (Wildman–Crippen MR) is 79.2 cm³/mol. The highest BCUT2D eigenvalue weighted by molar-refractivity contribution is 6.03. The van der Waals surface area contributed by atoms with Gasteiger partial charge in [0, 0.05) is 25.5 Å². The number of aliphatic hydroxyl groups is 1. The first-order valence-electron chi connectivity index (χ1n) is 7.04. The van der Waals surface area contributed by atoms with E-state index in [0.29, 0.717) is 6.54 Å². The average molecular weight is 272 g/mol. The SMILES string of the molecule is Cc1ccc2c3c(n(CCO)c2c1C)C(=O)N(C)CC3. The molecule has 106 valence electrons. The van der Waals surface area contributed by atoms with E-state index in [9.17, 15) is 9.90 Å². The first-order chi connectivity index (χ1) is 9.56. The Morgan fingerprint density at radius 1 is 1.30 bits per heavy atom. The van der Waals surface area contributed by atoms with Gasteiger partial charge in [0.05, 0.1) is 12.1 Å². The van der Waals surface area contributed by atoms with Crippen LogP contribution in [0.2, 0.25) is 0 Å². The maximum absolute atomic E-state index is 12.5. The second-order valence-electron chi connectivity index (χ2n) is 5.58. The van der Waals surface area contributed by atoms with Crippen LogP contribution in [0.3, 0.4) is 0 Å². The van der Waals surface area contributed by atoms with Crippen LogP contribution in [0.15, 0.2) is 12.1 Å². The minimum atomic E-state index is 0.0423. The molecule has 0 aliphatic carbocycles. The summed E-state index contributed by atoms with van der Waals surface area (Å²) in [6.07, 6.45) is 0.884. The normalized spacial score (nSPS) is 15.0. The largest absolute Gasteiger partial charge is 0.395 e. The zero-order chi connectivity index (χ0) is 14.4. The van der Waals surface area contributed by atoms with Crippen LogP contribution in [0, 0.1) is 13.8 Å². The number of hydrogen-bond donors (Lipinski definition) is 1. The van der Waals surface area contributed by atoms with Gasteiger partial charge in [-0.2, -0.15) is 0 Å². The van der Waals surface area contributed by atoms with E-state index in [1.807, 2.05) is 11.6 Å². The molecule has 20 heavy (non-hydrogen) atoms. The van der Waals surface area contributed by atoms with Crippen molar-refractivity contribution < 1.29 is 9.90 Å². The smallest absolute Gasteiger partial charge is 0.270 e. The number of hydrogen-bond acceptors (Lipinski definition) is 2. The van der Waals surface area contributed by atoms with Crippen LogP contribution in [0.25, 0.3) is 10.9 Å². The molecule has 1 aliphatic heterocycles. The van der Waals surface area contributed by atoms with Crippen LogP contribution >= 0.6 is 0 Å². The van der Waals surface area contributed by atoms with Crippen molar-refractivity contribution in [2.75, 3.05) is 20.2 Å². The number of nitrogens with zero attached hydrogens (tertiary/aromatic N) is 2. The van der Waals surface area contributed by atoms with Crippen molar-refractivity contribution in [3.8, 4) is 0 Å². The van der Waals surface area contributed by atoms with Gasteiger partial charge in [-0.3, -0.25) is 4.79 Å². The zero-order valence-electron chi connectivity index (χ0n) is 12.2. The Morgan fingerprint density at radius 2 is 2.05 bits per heavy atom. The molecular formula is C16H20N2O2. The molecule has 4 heteroatoms. The molecule has 1 aromatic heterocycles. The molecule has 0 bridgehead atoms. The molecule has 2 aromatic rings. The number of benzene rings is 1. The summed E-state index contributed by atoms with van der Waals surface area (Å²) in [6, 6.07) is 4.23. The van der Waals surface area contributed by atoms with E-state index < -0.39 is 0 Å². The maximum atomic E-state index is 12.5. The summed E-state index contributed by atoms with van der Waals surface area (Å²) in [5.74, 6) is 0.0629. The van der Waals surface area contributed by atoms with E-state index in [1.165, 1.54) is 11.1 Å². The van der Waals surface area contributed by atoms with Crippen molar-refractivity contribution in [2.45, 2.75) is 26.8 Å². The number of aromatic nitrogens is 1. The predicted octanol–water partition coefficient (Wildman–Crippen LogP) is 1.88. The van der Waals surface area contributed by atoms with Crippen molar-refractivity contribution in [3.63, 3.8) is 0 Å². The van der Waals surface area contributed by atoms with Crippen LogP contribution < -0.4 is 0 Å². The Morgan fingerprint density at radius 3 is 2.75 bits per heavy atom. The van der Waals surface area contributed by atoms with Crippen molar-refractivity contribution in [1.29, 1.82) is 0 Å². The minimum Gasteiger partial charge on any atom is -0.395 e. The molecule has 0 unspecified atom stereocenters. The molecule has 1 aliphatic rings. The van der Waals surface area contributed by atoms with Gasteiger partial charge in [0.2, 0.25) is 0 Å². The van der Waals surface area contributed by atoms with Gasteiger partial charge in [0.25, 0.3) is 5.91 Å². The molecule has 4 nitrogen and oxygen atoms in total. The van der Waals surface area contributed by atoms with Gasteiger partial charge >= 0.3 is 0 Å². The number of fused-ring (bicyclic) bond motifs is 3. The molecule has 0 spiro atoms. The third kappa shape index (κ3) is 1.68. The van der Waals surface area contributed by atoms with E-state index in [2.05, 4.69) is 26.0 Å². The van der Waals surface area contributed by atoms with Gasteiger partial charge in [0.15, 0.2) is 0 Å². The average Bonchev–Trinajstić information content (AvgIpc) is 2.74. The Bertz CT molecular complexity index is 700. The highest BCUT2D eigenvalue weighted by atomic mass is 16.3. The highest BCUT2D eigenvalue weighted by Gasteiger charge is 2.29. The summed E-state index contributed by atoms with van der Waals surface area (Å²) < 4.78 is 2.00. The fourth-order valence-corrected chi connectivity index (χ4v) is 3.18. The lowest BCUT2D eigenvalue weighted by Crippen LogP contribution is -2.35. The second-order valence-corrected chi connectivity index (χ2v) is 5.58. The molecule has 1 N–H and O–H groups in total. The molecule has 0 saturated heterocycles. The summed E-state index contributed by atoms with van der Waals surface area (Å²) >= 11 is 0. The number of amides is 1. The lowest BCUT2D eigenvalue weighted by Gasteiger charge is -2.24. The third-order valence-electron chi connectivity index (χ3n) is 4.42. The van der Waals surface area contributed by atoms with Crippen molar-refractivity contribution >= 4 is 16.8 Å². The van der Waals surface area contributed by atoms with Crippen LogP contribution in [-0.2, 0) is 13.0 Å². The zero-order valence-corrected chi connectivity index (χ0v) is 12.2. The molecule has 0 radical (unpaired) electrons. The van der Waals surface area contributed by atoms with Gasteiger partial charge in [0.1, 0.15) is 5.69 Å². The van der Waals surface area contributed by atoms with Crippen LogP contribution in [0.4, 0.5) is 0 Å². The number of aryl methyl sites for hydroxylation is 2. The lowest BCUT2D eigenvalue weighted by atomic mass is 10.0. The van der Waals surface area contributed by atoms with Crippen LogP contribution in [0.1, 0.15) is 27.2 Å². The van der Waals surface area contributed by atoms with E-state index in [-0.39, 0.29) is 12.5 Å². The minimum absolute atomic E-state index is 0.0423. The number of aliphatic hydroxyl groups excluding tert-OH is 1. The van der Waals surface area contributed by atoms with Crippen LogP contribution in [-0.4, -0.2) is 40.7 Å². The fraction of sp³-hybridized carbons (Fsp3) is 0.438. The van der Waals surface area contributed by atoms with Gasteiger partial charge in [-0.15, -0.1) is 0 Å². The number of carbonyl (C=O) groups excluding carboxylic acids is 1. The number of rotatable bonds is 2. The number of likely N-dealkylation sites (N-methyl/N-ethyl adjacent to an activating group) is 1. The lowest BCUT2D eigenvalue weighted by molar-refractivity contribution is 0.0769. The molecule has 2 heterocycles. The van der Waals surface area contributed by atoms with Gasteiger partial charge in [-0.05, 0) is 37.0 Å². The summed E-state index contributed by atoms with van der Waals surface area (Å²) in [4.78, 5) is 14.3. The second kappa shape index (κ2) is 4.63. The summed E-state index contributed by atoms with van der Waals surface area (Å²) in [5, 5.41) is 10.5. The molecular weight excluding hydrogens is 252 g/mol. The fourth-order valence-electron chi connectivity index (χ4n) is 3.18. The first-order valence-corrected chi connectivity index (χ1v) is 7.04. The summed E-state index contributed by atoms with van der Waals surface area (Å²) in [6.45, 7) is 5.44. The maximum Gasteiger partial charge on any atom is 0.270 e. The quantitative estimate of drug-likeness (QED) is 0.907. The third-order valence-corrected chi connectivity index (χ3v) is 4.42. The first kappa shape index (κ1) is 13.2. The Balaban J connectivity index is 2.40. The summed E-state index contributed by atoms with van der Waals surface area (Å²) in [7, 11) is 1.84. The van der Waals surface area contributed by atoms with Gasteiger partial charge in [-0.25, -0.2) is 0 Å². The molecule has 1 aromatic carbocycles. The van der Waals surface area contributed by atoms with E-state index in [4.69, 9.17) is 0 Å².